The van der Waals surface area contributed by atoms with Crippen LogP contribution in [0, 0.1) is 10.1 Å². The van der Waals surface area contributed by atoms with Gasteiger partial charge < -0.3 is 14.2 Å². The van der Waals surface area contributed by atoms with Crippen molar-refractivity contribution in [3.05, 3.63) is 69.6 Å². The SMILES string of the molecule is O=C(COc1ccc(Cl)cc1)N(CCc1nc(-c2cccc([N+](=O)[O-])c2)no1)C1CCCCC1. The summed E-state index contributed by atoms with van der Waals surface area (Å²) >= 11 is 5.91. The highest BCUT2D eigenvalue weighted by Crippen LogP contribution is 2.25. The number of hydrogen-bond acceptors (Lipinski definition) is 7. The molecule has 0 aliphatic heterocycles. The molecule has 0 radical (unpaired) electrons. The van der Waals surface area contributed by atoms with Crippen molar-refractivity contribution in [3.8, 4) is 17.1 Å². The van der Waals surface area contributed by atoms with Crippen LogP contribution in [0.5, 0.6) is 5.75 Å². The largest absolute Gasteiger partial charge is 0.484 e. The van der Waals surface area contributed by atoms with E-state index in [1.54, 1.807) is 36.4 Å². The summed E-state index contributed by atoms with van der Waals surface area (Å²) in [7, 11) is 0. The van der Waals surface area contributed by atoms with Gasteiger partial charge in [0.05, 0.1) is 4.92 Å². The number of halogens is 1. The van der Waals surface area contributed by atoms with Crippen molar-refractivity contribution >= 4 is 23.2 Å². The second-order valence-corrected chi connectivity index (χ2v) is 8.63. The molecule has 0 saturated heterocycles. The molecule has 1 saturated carbocycles. The first-order valence-electron chi connectivity index (χ1n) is 11.2. The topological polar surface area (TPSA) is 112 Å². The van der Waals surface area contributed by atoms with Gasteiger partial charge in [0.2, 0.25) is 11.7 Å². The van der Waals surface area contributed by atoms with Crippen molar-refractivity contribution in [1.82, 2.24) is 15.0 Å². The molecule has 0 bridgehead atoms. The van der Waals surface area contributed by atoms with Gasteiger partial charge in [-0.05, 0) is 37.1 Å². The molecule has 0 spiro atoms. The predicted molar refractivity (Wildman–Crippen MR) is 126 cm³/mol. The van der Waals surface area contributed by atoms with Gasteiger partial charge in [-0.1, -0.05) is 48.2 Å². The monoisotopic (exact) mass is 484 g/mol. The number of aromatic nitrogens is 2. The maximum Gasteiger partial charge on any atom is 0.270 e. The highest BCUT2D eigenvalue weighted by Gasteiger charge is 2.26. The zero-order chi connectivity index (χ0) is 23.9. The molecule has 9 nitrogen and oxygen atoms in total. The number of rotatable bonds is 9. The average molecular weight is 485 g/mol. The highest BCUT2D eigenvalue weighted by molar-refractivity contribution is 6.30. The van der Waals surface area contributed by atoms with Gasteiger partial charge in [-0.2, -0.15) is 4.98 Å². The minimum Gasteiger partial charge on any atom is -0.484 e. The van der Waals surface area contributed by atoms with Gasteiger partial charge in [0.15, 0.2) is 6.61 Å². The lowest BCUT2D eigenvalue weighted by Crippen LogP contribution is -2.44. The Morgan fingerprint density at radius 1 is 1.18 bits per heavy atom. The Morgan fingerprint density at radius 2 is 1.94 bits per heavy atom. The van der Waals surface area contributed by atoms with Crippen LogP contribution in [0.4, 0.5) is 5.69 Å². The first kappa shape index (κ1) is 23.7. The number of hydrogen-bond donors (Lipinski definition) is 0. The van der Waals surface area contributed by atoms with E-state index in [4.69, 9.17) is 20.9 Å². The molecule has 2 aromatic carbocycles. The maximum absolute atomic E-state index is 13.1. The van der Waals surface area contributed by atoms with E-state index >= 15 is 0 Å². The zero-order valence-electron chi connectivity index (χ0n) is 18.6. The molecule has 1 aliphatic rings. The van der Waals surface area contributed by atoms with Crippen LogP contribution in [0.3, 0.4) is 0 Å². The quantitative estimate of drug-likeness (QED) is 0.307. The minimum absolute atomic E-state index is 0.0430. The summed E-state index contributed by atoms with van der Waals surface area (Å²) in [5.41, 5.74) is 0.458. The fourth-order valence-corrected chi connectivity index (χ4v) is 4.24. The van der Waals surface area contributed by atoms with E-state index in [2.05, 4.69) is 10.1 Å². The number of amides is 1. The Kier molecular flexibility index (Phi) is 7.74. The third kappa shape index (κ3) is 6.11. The molecule has 1 aliphatic carbocycles. The summed E-state index contributed by atoms with van der Waals surface area (Å²) in [6.45, 7) is 0.352. The number of ether oxygens (including phenoxy) is 1. The van der Waals surface area contributed by atoms with Crippen LogP contribution in [0.2, 0.25) is 5.02 Å². The van der Waals surface area contributed by atoms with E-state index in [-0.39, 0.29) is 30.1 Å². The van der Waals surface area contributed by atoms with Gasteiger partial charge >= 0.3 is 0 Å². The van der Waals surface area contributed by atoms with Crippen LogP contribution in [0.15, 0.2) is 53.1 Å². The van der Waals surface area contributed by atoms with E-state index < -0.39 is 4.92 Å². The number of carbonyl (C=O) groups is 1. The fourth-order valence-electron chi connectivity index (χ4n) is 4.11. The van der Waals surface area contributed by atoms with Crippen LogP contribution in [0.1, 0.15) is 38.0 Å². The van der Waals surface area contributed by atoms with Crippen molar-refractivity contribution in [2.45, 2.75) is 44.6 Å². The number of carbonyl (C=O) groups excluding carboxylic acids is 1. The van der Waals surface area contributed by atoms with Gasteiger partial charge in [0, 0.05) is 41.7 Å². The molecule has 3 aromatic rings. The third-order valence-corrected chi connectivity index (χ3v) is 6.11. The molecule has 178 valence electrons. The highest BCUT2D eigenvalue weighted by atomic mass is 35.5. The number of nitrogens with zero attached hydrogens (tertiary/aromatic N) is 4. The van der Waals surface area contributed by atoms with E-state index in [1.807, 2.05) is 4.90 Å². The Bertz CT molecular complexity index is 1130. The smallest absolute Gasteiger partial charge is 0.270 e. The summed E-state index contributed by atoms with van der Waals surface area (Å²) < 4.78 is 11.0. The van der Waals surface area contributed by atoms with Crippen LogP contribution >= 0.6 is 11.6 Å². The third-order valence-electron chi connectivity index (χ3n) is 5.86. The first-order chi connectivity index (χ1) is 16.5. The van der Waals surface area contributed by atoms with E-state index in [9.17, 15) is 14.9 Å². The van der Waals surface area contributed by atoms with Crippen molar-refractivity contribution in [2.24, 2.45) is 0 Å². The average Bonchev–Trinajstić information content (AvgIpc) is 3.34. The standard InChI is InChI=1S/C24H25ClN4O5/c25-18-9-11-21(12-10-18)33-16-23(30)28(19-6-2-1-3-7-19)14-13-22-26-24(27-34-22)17-5-4-8-20(15-17)29(31)32/h4-5,8-12,15,19H,1-3,6-7,13-14,16H2. The van der Waals surface area contributed by atoms with Gasteiger partial charge in [0.25, 0.3) is 11.6 Å². The summed E-state index contributed by atoms with van der Waals surface area (Å²) in [6.07, 6.45) is 5.64. The van der Waals surface area contributed by atoms with Crippen molar-refractivity contribution < 1.29 is 19.0 Å². The molecule has 1 fully saturated rings. The van der Waals surface area contributed by atoms with Gasteiger partial charge in [0.1, 0.15) is 5.75 Å². The molecule has 0 atom stereocenters. The van der Waals surface area contributed by atoms with Crippen molar-refractivity contribution in [1.29, 1.82) is 0 Å². The second-order valence-electron chi connectivity index (χ2n) is 8.19. The summed E-state index contributed by atoms with van der Waals surface area (Å²) in [6, 6.07) is 13.1. The lowest BCUT2D eigenvalue weighted by molar-refractivity contribution is -0.384. The second kappa shape index (κ2) is 11.1. The molecule has 0 unspecified atom stereocenters. The Balaban J connectivity index is 1.41. The Labute approximate surface area is 201 Å². The fraction of sp³-hybridized carbons (Fsp3) is 0.375. The predicted octanol–water partition coefficient (Wildman–Crippen LogP) is 5.08. The summed E-state index contributed by atoms with van der Waals surface area (Å²) in [5.74, 6) is 1.13. The lowest BCUT2D eigenvalue weighted by atomic mass is 9.94. The van der Waals surface area contributed by atoms with Crippen molar-refractivity contribution in [2.75, 3.05) is 13.2 Å². The van der Waals surface area contributed by atoms with Crippen LogP contribution in [-0.2, 0) is 11.2 Å². The van der Waals surface area contributed by atoms with Crippen LogP contribution < -0.4 is 4.74 Å². The minimum atomic E-state index is -0.468. The van der Waals surface area contributed by atoms with E-state index in [1.165, 1.54) is 18.6 Å². The zero-order valence-corrected chi connectivity index (χ0v) is 19.3. The molecular formula is C24H25ClN4O5. The molecule has 10 heteroatoms. The summed E-state index contributed by atoms with van der Waals surface area (Å²) in [4.78, 5) is 29.9. The molecule has 0 N–H and O–H groups in total. The molecule has 34 heavy (non-hydrogen) atoms. The van der Waals surface area contributed by atoms with Gasteiger partial charge in [-0.15, -0.1) is 0 Å². The number of nitro groups is 1. The Morgan fingerprint density at radius 3 is 2.68 bits per heavy atom. The first-order valence-corrected chi connectivity index (χ1v) is 11.6. The lowest BCUT2D eigenvalue weighted by Gasteiger charge is -2.34. The van der Waals surface area contributed by atoms with Crippen LogP contribution in [-0.4, -0.2) is 45.1 Å². The number of benzene rings is 2. The van der Waals surface area contributed by atoms with E-state index in [0.29, 0.717) is 35.2 Å². The molecular weight excluding hydrogens is 460 g/mol. The number of nitro benzene ring substituents is 1. The Hall–Kier alpha value is -3.46. The molecule has 1 amide bonds. The van der Waals surface area contributed by atoms with Crippen molar-refractivity contribution in [3.63, 3.8) is 0 Å². The van der Waals surface area contributed by atoms with Gasteiger partial charge in [-0.3, -0.25) is 14.9 Å². The molecule has 1 aromatic heterocycles. The van der Waals surface area contributed by atoms with E-state index in [0.717, 1.165) is 25.7 Å². The van der Waals surface area contributed by atoms with Gasteiger partial charge in [-0.25, -0.2) is 0 Å². The maximum atomic E-state index is 13.1. The molecule has 4 rings (SSSR count). The normalized spacial score (nSPS) is 14.0. The summed E-state index contributed by atoms with van der Waals surface area (Å²) in [5, 5.41) is 15.6. The number of non-ortho nitro benzene ring substituents is 1. The van der Waals surface area contributed by atoms with Crippen LogP contribution in [0.25, 0.3) is 11.4 Å². The molecule has 1 heterocycles.